The Morgan fingerprint density at radius 3 is 2.59 bits per heavy atom. The van der Waals surface area contributed by atoms with Crippen molar-refractivity contribution in [1.29, 1.82) is 0 Å². The molecule has 0 atom stereocenters. The number of nitrogens with zero attached hydrogens (tertiary/aromatic N) is 1. The van der Waals surface area contributed by atoms with Crippen molar-refractivity contribution in [3.05, 3.63) is 62.8 Å². The largest absolute Gasteiger partial charge is 0.506 e. The summed E-state index contributed by atoms with van der Waals surface area (Å²) in [5, 5.41) is 33.7. The number of aromatic hydroxyl groups is 1. The number of aromatic nitrogens is 1. The van der Waals surface area contributed by atoms with Gasteiger partial charge in [0.15, 0.2) is 0 Å². The summed E-state index contributed by atoms with van der Waals surface area (Å²) in [5.74, 6) is -2.16. The van der Waals surface area contributed by atoms with Gasteiger partial charge in [-0.1, -0.05) is 54.5 Å². The molecule has 0 radical (unpaired) electrons. The third-order valence-corrected chi connectivity index (χ3v) is 6.95. The molecule has 0 unspecified atom stereocenters. The number of phenols is 1. The van der Waals surface area contributed by atoms with Crippen LogP contribution in [0.2, 0.25) is 0 Å². The lowest BCUT2D eigenvalue weighted by molar-refractivity contribution is -0.183. The van der Waals surface area contributed by atoms with E-state index >= 15 is 0 Å². The molecule has 172 valence electrons. The number of nitrogens with one attached hydrogen (secondary N) is 2. The quantitative estimate of drug-likeness (QED) is 0.333. The molecule has 0 spiro atoms. The second-order valence-electron chi connectivity index (χ2n) is 8.64. The minimum atomic E-state index is -2.12. The number of hydrogen-bond acceptors (Lipinski definition) is 7. The van der Waals surface area contributed by atoms with Crippen LogP contribution in [0.25, 0.3) is 10.2 Å². The zero-order valence-electron chi connectivity index (χ0n) is 18.1. The molecular weight excluding hydrogens is 426 g/mol. The first-order valence-corrected chi connectivity index (χ1v) is 12.0. The van der Waals surface area contributed by atoms with Crippen LogP contribution in [0.15, 0.2) is 41.2 Å². The number of rotatable bonds is 8. The zero-order valence-corrected chi connectivity index (χ0v) is 19.0. The fourth-order valence-electron chi connectivity index (χ4n) is 4.38. The van der Waals surface area contributed by atoms with Gasteiger partial charge in [-0.2, -0.15) is 0 Å². The number of H-pyrrole nitrogens is 1. The average molecular weight is 458 g/mol. The number of phenolic OH excluding ortho intramolecular Hbond substituents is 1. The standard InChI is InChI=1S/C24H31N3O4S/c28-20-9-8-19(22-21(20)26-23(29)32-22)15-24(30,31)25-11-10-17-6-5-7-18(14-17)16-27-12-3-1-2-4-13-27/h5-9,14,25,28,30-31H,1-4,10-13,15-16H2,(H,26,29). The lowest BCUT2D eigenvalue weighted by Crippen LogP contribution is -2.47. The molecule has 1 fully saturated rings. The van der Waals surface area contributed by atoms with Crippen LogP contribution in [0.4, 0.5) is 0 Å². The second kappa shape index (κ2) is 10.1. The molecule has 1 saturated heterocycles. The molecule has 1 aromatic heterocycles. The van der Waals surface area contributed by atoms with Gasteiger partial charge >= 0.3 is 4.87 Å². The summed E-state index contributed by atoms with van der Waals surface area (Å²) in [6.07, 6.45) is 5.75. The maximum absolute atomic E-state index is 11.7. The molecule has 0 amide bonds. The van der Waals surface area contributed by atoms with E-state index < -0.39 is 5.91 Å². The Bertz CT molecular complexity index is 1100. The molecule has 5 N–H and O–H groups in total. The van der Waals surface area contributed by atoms with Crippen LogP contribution in [0.3, 0.4) is 0 Å². The van der Waals surface area contributed by atoms with E-state index in [1.54, 1.807) is 6.07 Å². The van der Waals surface area contributed by atoms with Gasteiger partial charge in [-0.05, 0) is 55.1 Å². The van der Waals surface area contributed by atoms with Gasteiger partial charge in [0.05, 0.1) is 4.70 Å². The molecule has 3 aromatic rings. The van der Waals surface area contributed by atoms with Gasteiger partial charge in [0.25, 0.3) is 0 Å². The van der Waals surface area contributed by atoms with E-state index in [0.717, 1.165) is 36.5 Å². The maximum Gasteiger partial charge on any atom is 0.305 e. The predicted octanol–water partition coefficient (Wildman–Crippen LogP) is 2.68. The van der Waals surface area contributed by atoms with E-state index in [0.29, 0.717) is 28.7 Å². The summed E-state index contributed by atoms with van der Waals surface area (Å²) in [7, 11) is 0. The summed E-state index contributed by atoms with van der Waals surface area (Å²) in [4.78, 5) is 16.5. The Kier molecular flexibility index (Phi) is 7.27. The highest BCUT2D eigenvalue weighted by atomic mass is 32.1. The van der Waals surface area contributed by atoms with Crippen molar-refractivity contribution < 1.29 is 15.3 Å². The van der Waals surface area contributed by atoms with Crippen molar-refractivity contribution in [3.8, 4) is 5.75 Å². The van der Waals surface area contributed by atoms with E-state index in [-0.39, 0.29) is 17.0 Å². The number of aromatic amines is 1. The van der Waals surface area contributed by atoms with Gasteiger partial charge in [-0.25, -0.2) is 0 Å². The molecule has 2 aromatic carbocycles. The van der Waals surface area contributed by atoms with Crippen molar-refractivity contribution >= 4 is 21.6 Å². The SMILES string of the molecule is O=c1[nH]c2c(O)ccc(CC(O)(O)NCCc3cccc(CN4CCCCCC4)c3)c2s1. The molecule has 1 aliphatic rings. The third-order valence-electron chi connectivity index (χ3n) is 5.99. The predicted molar refractivity (Wildman–Crippen MR) is 127 cm³/mol. The zero-order chi connectivity index (χ0) is 22.6. The monoisotopic (exact) mass is 457 g/mol. The van der Waals surface area contributed by atoms with Crippen LogP contribution in [0.5, 0.6) is 5.75 Å². The number of benzene rings is 2. The number of fused-ring (bicyclic) bond motifs is 1. The highest BCUT2D eigenvalue weighted by molar-refractivity contribution is 7.16. The number of aliphatic hydroxyl groups is 2. The van der Waals surface area contributed by atoms with Gasteiger partial charge in [0, 0.05) is 19.5 Å². The number of likely N-dealkylation sites (tertiary alicyclic amines) is 1. The Hall–Kier alpha value is -2.23. The second-order valence-corrected chi connectivity index (χ2v) is 9.63. The summed E-state index contributed by atoms with van der Waals surface area (Å²) in [6, 6.07) is 11.5. The fraction of sp³-hybridized carbons (Fsp3) is 0.458. The maximum atomic E-state index is 11.7. The summed E-state index contributed by atoms with van der Waals surface area (Å²) in [5.41, 5.74) is 3.35. The van der Waals surface area contributed by atoms with Crippen molar-refractivity contribution in [2.75, 3.05) is 19.6 Å². The lowest BCUT2D eigenvalue weighted by atomic mass is 10.1. The number of thiazole rings is 1. The van der Waals surface area contributed by atoms with Crippen LogP contribution >= 0.6 is 11.3 Å². The van der Waals surface area contributed by atoms with Gasteiger partial charge in [0.2, 0.25) is 5.91 Å². The van der Waals surface area contributed by atoms with Gasteiger partial charge in [-0.3, -0.25) is 15.0 Å². The molecule has 0 saturated carbocycles. The summed E-state index contributed by atoms with van der Waals surface area (Å²) >= 11 is 0.946. The van der Waals surface area contributed by atoms with E-state index in [2.05, 4.69) is 39.5 Å². The topological polar surface area (TPSA) is 109 Å². The van der Waals surface area contributed by atoms with Gasteiger partial charge < -0.3 is 20.3 Å². The molecule has 7 nitrogen and oxygen atoms in total. The van der Waals surface area contributed by atoms with Gasteiger partial charge in [0.1, 0.15) is 11.3 Å². The van der Waals surface area contributed by atoms with Crippen LogP contribution < -0.4 is 10.2 Å². The fourth-order valence-corrected chi connectivity index (χ4v) is 5.25. The molecule has 8 heteroatoms. The van der Waals surface area contributed by atoms with Crippen molar-refractivity contribution in [2.24, 2.45) is 0 Å². The first-order chi connectivity index (χ1) is 15.4. The highest BCUT2D eigenvalue weighted by Crippen LogP contribution is 2.29. The van der Waals surface area contributed by atoms with Crippen molar-refractivity contribution in [2.45, 2.75) is 51.0 Å². The van der Waals surface area contributed by atoms with Crippen molar-refractivity contribution in [3.63, 3.8) is 0 Å². The molecule has 0 aliphatic carbocycles. The normalized spacial score (nSPS) is 15.8. The van der Waals surface area contributed by atoms with Crippen LogP contribution in [0, 0.1) is 0 Å². The van der Waals surface area contributed by atoms with E-state index in [9.17, 15) is 20.1 Å². The third kappa shape index (κ3) is 5.96. The smallest absolute Gasteiger partial charge is 0.305 e. The minimum Gasteiger partial charge on any atom is -0.506 e. The molecule has 32 heavy (non-hydrogen) atoms. The number of hydrogen-bond donors (Lipinski definition) is 5. The Labute approximate surface area is 191 Å². The first kappa shape index (κ1) is 22.9. The molecular formula is C24H31N3O4S. The van der Waals surface area contributed by atoms with Gasteiger partial charge in [-0.15, -0.1) is 0 Å². The Morgan fingerprint density at radius 2 is 1.81 bits per heavy atom. The molecule has 1 aliphatic heterocycles. The molecule has 2 heterocycles. The van der Waals surface area contributed by atoms with Crippen LogP contribution in [-0.2, 0) is 19.4 Å². The lowest BCUT2D eigenvalue weighted by Gasteiger charge is -2.24. The molecule has 4 rings (SSSR count). The molecule has 0 bridgehead atoms. The van der Waals surface area contributed by atoms with E-state index in [1.165, 1.54) is 37.3 Å². The minimum absolute atomic E-state index is 0.0309. The highest BCUT2D eigenvalue weighted by Gasteiger charge is 2.25. The average Bonchev–Trinajstić information content (AvgIpc) is 2.97. The first-order valence-electron chi connectivity index (χ1n) is 11.2. The van der Waals surface area contributed by atoms with E-state index in [1.807, 2.05) is 0 Å². The summed E-state index contributed by atoms with van der Waals surface area (Å²) in [6.45, 7) is 3.67. The van der Waals surface area contributed by atoms with E-state index in [4.69, 9.17) is 0 Å². The Morgan fingerprint density at radius 1 is 1.06 bits per heavy atom. The Balaban J connectivity index is 1.34. The summed E-state index contributed by atoms with van der Waals surface area (Å²) < 4.78 is 0.533. The van der Waals surface area contributed by atoms with Crippen molar-refractivity contribution in [1.82, 2.24) is 15.2 Å². The van der Waals surface area contributed by atoms with Crippen LogP contribution in [-0.4, -0.2) is 50.7 Å². The van der Waals surface area contributed by atoms with Crippen LogP contribution in [0.1, 0.15) is 42.4 Å².